The molecule has 2 aliphatic rings. The lowest BCUT2D eigenvalue weighted by molar-refractivity contribution is 0.0900. The topological polar surface area (TPSA) is 61.4 Å². The van der Waals surface area contributed by atoms with E-state index >= 15 is 0 Å². The first-order valence-electron chi connectivity index (χ1n) is 12.1. The van der Waals surface area contributed by atoms with Crippen LogP contribution >= 0.6 is 0 Å². The minimum Gasteiger partial charge on any atom is -0.493 e. The van der Waals surface area contributed by atoms with Gasteiger partial charge in [-0.15, -0.1) is 0 Å². The zero-order chi connectivity index (χ0) is 22.9. The summed E-state index contributed by atoms with van der Waals surface area (Å²) >= 11 is 0. The first kappa shape index (κ1) is 24.8. The number of piperazine rings is 1. The van der Waals surface area contributed by atoms with Gasteiger partial charge < -0.3 is 25.0 Å². The van der Waals surface area contributed by atoms with Crippen LogP contribution in [0.2, 0.25) is 0 Å². The highest BCUT2D eigenvalue weighted by molar-refractivity contribution is 5.79. The second kappa shape index (κ2) is 12.4. The van der Waals surface area contributed by atoms with E-state index < -0.39 is 0 Å². The van der Waals surface area contributed by atoms with Crippen LogP contribution in [0.4, 0.5) is 0 Å². The van der Waals surface area contributed by atoms with Gasteiger partial charge in [0.1, 0.15) is 5.75 Å². The third-order valence-electron chi connectivity index (χ3n) is 6.65. The molecule has 2 N–H and O–H groups in total. The number of rotatable bonds is 9. The molecule has 0 bridgehead atoms. The van der Waals surface area contributed by atoms with Crippen molar-refractivity contribution in [1.82, 2.24) is 20.4 Å². The summed E-state index contributed by atoms with van der Waals surface area (Å²) in [6.45, 7) is 15.2. The molecule has 2 fully saturated rings. The van der Waals surface area contributed by atoms with Gasteiger partial charge >= 0.3 is 0 Å². The van der Waals surface area contributed by atoms with Crippen LogP contribution in [-0.4, -0.2) is 88.4 Å². The maximum atomic E-state index is 6.19. The van der Waals surface area contributed by atoms with Crippen LogP contribution in [-0.2, 0) is 11.3 Å². The first-order valence-corrected chi connectivity index (χ1v) is 12.1. The fourth-order valence-electron chi connectivity index (χ4n) is 4.41. The molecule has 0 spiro atoms. The molecular formula is C25H43N5O2. The third kappa shape index (κ3) is 7.36. The SMILES string of the molecule is CN=C(NCc1ccc(C)cc1OCC1CCOC1)NCC(C(C)C)N1CCN(C)CC1. The van der Waals surface area contributed by atoms with Gasteiger partial charge in [0.25, 0.3) is 0 Å². The van der Waals surface area contributed by atoms with E-state index in [4.69, 9.17) is 9.47 Å². The van der Waals surface area contributed by atoms with Gasteiger partial charge in [-0.05, 0) is 37.9 Å². The number of hydrogen-bond acceptors (Lipinski definition) is 5. The highest BCUT2D eigenvalue weighted by Crippen LogP contribution is 2.22. The van der Waals surface area contributed by atoms with E-state index in [0.29, 0.717) is 31.0 Å². The fourth-order valence-corrected chi connectivity index (χ4v) is 4.41. The van der Waals surface area contributed by atoms with Crippen LogP contribution in [0, 0.1) is 18.8 Å². The van der Waals surface area contributed by atoms with Crippen LogP contribution in [0.3, 0.4) is 0 Å². The Morgan fingerprint density at radius 3 is 2.66 bits per heavy atom. The first-order chi connectivity index (χ1) is 15.5. The van der Waals surface area contributed by atoms with Gasteiger partial charge in [0.2, 0.25) is 0 Å². The van der Waals surface area contributed by atoms with Gasteiger partial charge in [-0.25, -0.2) is 0 Å². The number of aryl methyl sites for hydroxylation is 1. The van der Waals surface area contributed by atoms with Crippen molar-refractivity contribution in [3.8, 4) is 5.75 Å². The summed E-state index contributed by atoms with van der Waals surface area (Å²) in [4.78, 5) is 9.48. The summed E-state index contributed by atoms with van der Waals surface area (Å²) in [5.74, 6) is 2.87. The van der Waals surface area contributed by atoms with Gasteiger partial charge in [-0.2, -0.15) is 0 Å². The molecule has 0 amide bonds. The van der Waals surface area contributed by atoms with Crippen molar-refractivity contribution in [3.63, 3.8) is 0 Å². The van der Waals surface area contributed by atoms with E-state index in [2.05, 4.69) is 71.4 Å². The zero-order valence-corrected chi connectivity index (χ0v) is 20.7. The van der Waals surface area contributed by atoms with Crippen molar-refractivity contribution in [3.05, 3.63) is 29.3 Å². The van der Waals surface area contributed by atoms with E-state index in [0.717, 1.165) is 69.6 Å². The lowest BCUT2D eigenvalue weighted by atomic mass is 10.0. The standard InChI is InChI=1S/C25H43N5O2/c1-19(2)23(30-11-9-29(5)10-12-30)16-28-25(26-4)27-15-22-7-6-20(3)14-24(22)32-18-21-8-13-31-17-21/h6-7,14,19,21,23H,8-13,15-18H2,1-5H3,(H2,26,27,28). The second-order valence-corrected chi connectivity index (χ2v) is 9.61. The van der Waals surface area contributed by atoms with E-state index in [1.807, 2.05) is 7.05 Å². The van der Waals surface area contributed by atoms with Gasteiger partial charge in [0.15, 0.2) is 5.96 Å². The predicted octanol–water partition coefficient (Wildman–Crippen LogP) is 2.35. The van der Waals surface area contributed by atoms with Crippen molar-refractivity contribution in [2.45, 2.75) is 39.8 Å². The van der Waals surface area contributed by atoms with E-state index in [-0.39, 0.29) is 0 Å². The normalized spacial score (nSPS) is 21.7. The molecule has 0 radical (unpaired) electrons. The summed E-state index contributed by atoms with van der Waals surface area (Å²) in [6.07, 6.45) is 1.08. The number of aliphatic imine (C=N–C) groups is 1. The van der Waals surface area contributed by atoms with Gasteiger partial charge in [-0.3, -0.25) is 9.89 Å². The molecule has 2 atom stereocenters. The minimum absolute atomic E-state index is 0.494. The lowest BCUT2D eigenvalue weighted by Crippen LogP contribution is -2.55. The smallest absolute Gasteiger partial charge is 0.191 e. The molecule has 32 heavy (non-hydrogen) atoms. The Balaban J connectivity index is 1.53. The van der Waals surface area contributed by atoms with Crippen molar-refractivity contribution in [2.24, 2.45) is 16.8 Å². The van der Waals surface area contributed by atoms with Crippen LogP contribution in [0.1, 0.15) is 31.4 Å². The van der Waals surface area contributed by atoms with E-state index in [1.165, 1.54) is 5.56 Å². The summed E-state index contributed by atoms with van der Waals surface area (Å²) in [6, 6.07) is 6.91. The maximum Gasteiger partial charge on any atom is 0.191 e. The summed E-state index contributed by atoms with van der Waals surface area (Å²) in [7, 11) is 4.04. The van der Waals surface area contributed by atoms with Gasteiger partial charge in [-0.1, -0.05) is 26.0 Å². The highest BCUT2D eigenvalue weighted by Gasteiger charge is 2.25. The van der Waals surface area contributed by atoms with Crippen LogP contribution in [0.15, 0.2) is 23.2 Å². The lowest BCUT2D eigenvalue weighted by Gasteiger charge is -2.40. The number of nitrogens with zero attached hydrogens (tertiary/aromatic N) is 3. The molecule has 3 rings (SSSR count). The third-order valence-corrected chi connectivity index (χ3v) is 6.65. The summed E-state index contributed by atoms with van der Waals surface area (Å²) in [5, 5.41) is 7.05. The number of benzene rings is 1. The number of nitrogens with one attached hydrogen (secondary N) is 2. The molecule has 2 unspecified atom stereocenters. The molecule has 2 saturated heterocycles. The Morgan fingerprint density at radius 1 is 1.22 bits per heavy atom. The fraction of sp³-hybridized carbons (Fsp3) is 0.720. The average Bonchev–Trinajstić information content (AvgIpc) is 3.30. The summed E-state index contributed by atoms with van der Waals surface area (Å²) in [5.41, 5.74) is 2.36. The average molecular weight is 446 g/mol. The number of hydrogen-bond donors (Lipinski definition) is 2. The molecular weight excluding hydrogens is 402 g/mol. The Labute approximate surface area is 194 Å². The zero-order valence-electron chi connectivity index (χ0n) is 20.7. The minimum atomic E-state index is 0.494. The van der Waals surface area contributed by atoms with E-state index in [9.17, 15) is 0 Å². The largest absolute Gasteiger partial charge is 0.493 e. The molecule has 7 nitrogen and oxygen atoms in total. The Hall–Kier alpha value is -1.83. The molecule has 7 heteroatoms. The van der Waals surface area contributed by atoms with Crippen LogP contribution < -0.4 is 15.4 Å². The molecule has 0 aliphatic carbocycles. The molecule has 1 aromatic rings. The molecule has 2 aliphatic heterocycles. The molecule has 1 aromatic carbocycles. The van der Waals surface area contributed by atoms with E-state index in [1.54, 1.807) is 0 Å². The van der Waals surface area contributed by atoms with Crippen molar-refractivity contribution in [2.75, 3.05) is 66.6 Å². The Kier molecular flexibility index (Phi) is 9.63. The molecule has 0 aromatic heterocycles. The number of likely N-dealkylation sites (N-methyl/N-ethyl adjacent to an activating group) is 1. The molecule has 180 valence electrons. The van der Waals surface area contributed by atoms with Gasteiger partial charge in [0, 0.05) is 70.4 Å². The number of guanidine groups is 1. The molecule has 2 heterocycles. The Morgan fingerprint density at radius 2 is 2.00 bits per heavy atom. The van der Waals surface area contributed by atoms with Crippen molar-refractivity contribution < 1.29 is 9.47 Å². The van der Waals surface area contributed by atoms with Crippen LogP contribution in [0.25, 0.3) is 0 Å². The van der Waals surface area contributed by atoms with Crippen LogP contribution in [0.5, 0.6) is 5.75 Å². The van der Waals surface area contributed by atoms with Crippen molar-refractivity contribution in [1.29, 1.82) is 0 Å². The highest BCUT2D eigenvalue weighted by atomic mass is 16.5. The quantitative estimate of drug-likeness (QED) is 0.450. The predicted molar refractivity (Wildman–Crippen MR) is 131 cm³/mol. The molecule has 0 saturated carbocycles. The van der Waals surface area contributed by atoms with Crippen molar-refractivity contribution >= 4 is 5.96 Å². The maximum absolute atomic E-state index is 6.19. The monoisotopic (exact) mass is 445 g/mol. The Bertz CT molecular complexity index is 725. The second-order valence-electron chi connectivity index (χ2n) is 9.61. The summed E-state index contributed by atoms with van der Waals surface area (Å²) < 4.78 is 11.7. The van der Waals surface area contributed by atoms with Gasteiger partial charge in [0.05, 0.1) is 13.2 Å². The number of ether oxygens (including phenoxy) is 2.